The van der Waals surface area contributed by atoms with Gasteiger partial charge in [0.25, 0.3) is 0 Å². The summed E-state index contributed by atoms with van der Waals surface area (Å²) in [5.74, 6) is 3.13. The Morgan fingerprint density at radius 1 is 1.16 bits per heavy atom. The van der Waals surface area contributed by atoms with Crippen LogP contribution in [0.1, 0.15) is 30.9 Å². The van der Waals surface area contributed by atoms with E-state index in [1.54, 1.807) is 0 Å². The average Bonchev–Trinajstić information content (AvgIpc) is 2.82. The molecule has 2 bridgehead atoms. The highest BCUT2D eigenvalue weighted by Crippen LogP contribution is 2.72. The highest BCUT2D eigenvalue weighted by Gasteiger charge is 2.66. The topological polar surface area (TPSA) is 12.0 Å². The summed E-state index contributed by atoms with van der Waals surface area (Å²) in [6, 6.07) is 3.80. The van der Waals surface area contributed by atoms with Crippen molar-refractivity contribution in [3.63, 3.8) is 0 Å². The molecule has 0 radical (unpaired) electrons. The third-order valence-corrected chi connectivity index (χ3v) is 5.78. The highest BCUT2D eigenvalue weighted by molar-refractivity contribution is 5.28. The van der Waals surface area contributed by atoms with Crippen molar-refractivity contribution in [2.24, 2.45) is 29.6 Å². The molecule has 3 aliphatic rings. The van der Waals surface area contributed by atoms with E-state index in [1.807, 2.05) is 7.05 Å². The van der Waals surface area contributed by atoms with Crippen molar-refractivity contribution in [3.05, 3.63) is 35.4 Å². The van der Waals surface area contributed by atoms with Gasteiger partial charge in [0.1, 0.15) is 11.6 Å². The molecule has 1 aromatic carbocycles. The van der Waals surface area contributed by atoms with Crippen LogP contribution < -0.4 is 5.32 Å². The second-order valence-electron chi connectivity index (χ2n) is 6.50. The van der Waals surface area contributed by atoms with E-state index in [9.17, 15) is 8.78 Å². The largest absolute Gasteiger partial charge is 0.313 e. The molecule has 0 aromatic heterocycles. The second kappa shape index (κ2) is 4.02. The second-order valence-corrected chi connectivity index (χ2v) is 6.50. The van der Waals surface area contributed by atoms with Gasteiger partial charge in [-0.15, -0.1) is 0 Å². The van der Waals surface area contributed by atoms with Gasteiger partial charge < -0.3 is 5.32 Å². The van der Waals surface area contributed by atoms with E-state index in [2.05, 4.69) is 5.32 Å². The van der Waals surface area contributed by atoms with Gasteiger partial charge in [-0.25, -0.2) is 8.78 Å². The van der Waals surface area contributed by atoms with Gasteiger partial charge in [-0.2, -0.15) is 0 Å². The predicted molar refractivity (Wildman–Crippen MR) is 69.5 cm³/mol. The van der Waals surface area contributed by atoms with Crippen LogP contribution in [0.2, 0.25) is 0 Å². The lowest BCUT2D eigenvalue weighted by Gasteiger charge is -2.21. The molecule has 3 fully saturated rings. The van der Waals surface area contributed by atoms with Crippen LogP contribution in [0.5, 0.6) is 0 Å². The standard InChI is InChI=1S/C16H19F2N/c1-19-16(11-7-10(17)4-5-12(11)18)15-13-8-2-3-9(6-8)14(13)15/h4-5,7-9,13-16,19H,2-3,6H2,1H3. The van der Waals surface area contributed by atoms with Gasteiger partial charge in [0.2, 0.25) is 0 Å². The van der Waals surface area contributed by atoms with Crippen molar-refractivity contribution in [1.29, 1.82) is 0 Å². The third kappa shape index (κ3) is 1.60. The Bertz CT molecular complexity index is 499. The highest BCUT2D eigenvalue weighted by atomic mass is 19.1. The Balaban J connectivity index is 1.64. The molecule has 5 unspecified atom stereocenters. The Morgan fingerprint density at radius 2 is 1.84 bits per heavy atom. The zero-order valence-corrected chi connectivity index (χ0v) is 11.1. The summed E-state index contributed by atoms with van der Waals surface area (Å²) in [6.45, 7) is 0. The minimum Gasteiger partial charge on any atom is -0.313 e. The SMILES string of the molecule is CNC(c1cc(F)ccc1F)C1C2C3CCC(C3)C21. The number of hydrogen-bond donors (Lipinski definition) is 1. The zero-order chi connectivity index (χ0) is 13.1. The Hall–Kier alpha value is -0.960. The summed E-state index contributed by atoms with van der Waals surface area (Å²) < 4.78 is 27.4. The summed E-state index contributed by atoms with van der Waals surface area (Å²) in [5, 5.41) is 3.24. The van der Waals surface area contributed by atoms with Gasteiger partial charge >= 0.3 is 0 Å². The van der Waals surface area contributed by atoms with Gasteiger partial charge in [0.05, 0.1) is 0 Å². The van der Waals surface area contributed by atoms with E-state index >= 15 is 0 Å². The van der Waals surface area contributed by atoms with E-state index in [4.69, 9.17) is 0 Å². The zero-order valence-electron chi connectivity index (χ0n) is 11.1. The van der Waals surface area contributed by atoms with Crippen LogP contribution in [0.25, 0.3) is 0 Å². The molecule has 3 saturated carbocycles. The van der Waals surface area contributed by atoms with Crippen LogP contribution in [-0.4, -0.2) is 7.05 Å². The average molecular weight is 263 g/mol. The molecule has 3 heteroatoms. The number of nitrogens with one attached hydrogen (secondary N) is 1. The summed E-state index contributed by atoms with van der Waals surface area (Å²) in [5.41, 5.74) is 0.515. The fourth-order valence-electron chi connectivity index (χ4n) is 5.15. The first kappa shape index (κ1) is 11.8. The molecule has 1 nitrogen and oxygen atoms in total. The molecule has 0 heterocycles. The molecule has 0 spiro atoms. The van der Waals surface area contributed by atoms with Gasteiger partial charge in [0, 0.05) is 11.6 Å². The van der Waals surface area contributed by atoms with Gasteiger partial charge in [-0.1, -0.05) is 0 Å². The van der Waals surface area contributed by atoms with Crippen LogP contribution >= 0.6 is 0 Å². The van der Waals surface area contributed by atoms with E-state index in [-0.39, 0.29) is 17.7 Å². The van der Waals surface area contributed by atoms with Crippen molar-refractivity contribution in [2.45, 2.75) is 25.3 Å². The number of halogens is 2. The molecule has 102 valence electrons. The third-order valence-electron chi connectivity index (χ3n) is 5.78. The Labute approximate surface area is 112 Å². The van der Waals surface area contributed by atoms with Crippen molar-refractivity contribution < 1.29 is 8.78 Å². The number of hydrogen-bond acceptors (Lipinski definition) is 1. The number of rotatable bonds is 3. The maximum Gasteiger partial charge on any atom is 0.128 e. The normalized spacial score (nSPS) is 40.3. The first-order valence-electron chi connectivity index (χ1n) is 7.33. The van der Waals surface area contributed by atoms with E-state index in [1.165, 1.54) is 37.5 Å². The lowest BCUT2D eigenvalue weighted by Crippen LogP contribution is -2.23. The molecule has 4 rings (SSSR count). The minimum absolute atomic E-state index is 0.0194. The quantitative estimate of drug-likeness (QED) is 0.880. The van der Waals surface area contributed by atoms with E-state index in [0.29, 0.717) is 11.5 Å². The molecule has 19 heavy (non-hydrogen) atoms. The molecule has 1 aromatic rings. The van der Waals surface area contributed by atoms with Crippen LogP contribution in [-0.2, 0) is 0 Å². The summed E-state index contributed by atoms with van der Waals surface area (Å²) in [7, 11) is 1.87. The summed E-state index contributed by atoms with van der Waals surface area (Å²) >= 11 is 0. The maximum absolute atomic E-state index is 14.0. The first-order chi connectivity index (χ1) is 9.20. The number of benzene rings is 1. The summed E-state index contributed by atoms with van der Waals surface area (Å²) in [4.78, 5) is 0. The molecule has 1 N–H and O–H groups in total. The molecule has 0 aliphatic heterocycles. The van der Waals surface area contributed by atoms with Crippen molar-refractivity contribution >= 4 is 0 Å². The minimum atomic E-state index is -0.342. The Morgan fingerprint density at radius 3 is 2.47 bits per heavy atom. The maximum atomic E-state index is 14.0. The lowest BCUT2D eigenvalue weighted by atomic mass is 9.92. The lowest BCUT2D eigenvalue weighted by molar-refractivity contribution is 0.376. The van der Waals surface area contributed by atoms with Crippen LogP contribution in [0.3, 0.4) is 0 Å². The van der Waals surface area contributed by atoms with Crippen molar-refractivity contribution in [3.8, 4) is 0 Å². The van der Waals surface area contributed by atoms with Crippen molar-refractivity contribution in [1.82, 2.24) is 5.32 Å². The number of fused-ring (bicyclic) bond motifs is 5. The smallest absolute Gasteiger partial charge is 0.128 e. The van der Waals surface area contributed by atoms with Gasteiger partial charge in [-0.05, 0) is 74.1 Å². The predicted octanol–water partition coefficient (Wildman–Crippen LogP) is 3.52. The van der Waals surface area contributed by atoms with Gasteiger partial charge in [-0.3, -0.25) is 0 Å². The van der Waals surface area contributed by atoms with Crippen LogP contribution in [0, 0.1) is 41.2 Å². The molecule has 0 amide bonds. The summed E-state index contributed by atoms with van der Waals surface area (Å²) in [6.07, 6.45) is 4.09. The van der Waals surface area contributed by atoms with Crippen molar-refractivity contribution in [2.75, 3.05) is 7.05 Å². The fourth-order valence-corrected chi connectivity index (χ4v) is 5.15. The molecule has 3 aliphatic carbocycles. The fraction of sp³-hybridized carbons (Fsp3) is 0.625. The molecule has 5 atom stereocenters. The Kier molecular flexibility index (Phi) is 2.50. The monoisotopic (exact) mass is 263 g/mol. The van der Waals surface area contributed by atoms with Crippen LogP contribution in [0.15, 0.2) is 18.2 Å². The molecular weight excluding hydrogens is 244 g/mol. The van der Waals surface area contributed by atoms with E-state index in [0.717, 1.165) is 23.7 Å². The van der Waals surface area contributed by atoms with Gasteiger partial charge in [0.15, 0.2) is 0 Å². The molecule has 0 saturated heterocycles. The van der Waals surface area contributed by atoms with Crippen LogP contribution in [0.4, 0.5) is 8.78 Å². The van der Waals surface area contributed by atoms with E-state index < -0.39 is 0 Å². The molecular formula is C16H19F2N. The first-order valence-corrected chi connectivity index (χ1v) is 7.33.